The molecule has 31 heavy (non-hydrogen) atoms. The molecule has 6 heteroatoms. The first-order chi connectivity index (χ1) is 15.0. The topological polar surface area (TPSA) is 71.1 Å². The summed E-state index contributed by atoms with van der Waals surface area (Å²) >= 11 is 0. The summed E-state index contributed by atoms with van der Waals surface area (Å²) in [6.45, 7) is 0. The summed E-state index contributed by atoms with van der Waals surface area (Å²) in [6.07, 6.45) is 0. The zero-order chi connectivity index (χ0) is 22.2. The van der Waals surface area contributed by atoms with E-state index in [1.54, 1.807) is 60.7 Å². The van der Waals surface area contributed by atoms with E-state index < -0.39 is 5.41 Å². The van der Waals surface area contributed by atoms with Crippen molar-refractivity contribution in [2.75, 3.05) is 28.4 Å². The molecule has 6 nitrogen and oxygen atoms in total. The Hall–Kier alpha value is -3.80. The Kier molecular flexibility index (Phi) is 5.15. The molecule has 0 atom stereocenters. The number of rotatable bonds is 6. The lowest BCUT2D eigenvalue weighted by Crippen LogP contribution is -2.39. The van der Waals surface area contributed by atoms with Gasteiger partial charge in [-0.25, -0.2) is 0 Å². The SMILES string of the molecule is COc1ccc(C2(c3ccc(OC)c(OC)c3)C(=O)c3ccccc3C2=O)cc1OC. The second-order valence-electron chi connectivity index (χ2n) is 7.09. The van der Waals surface area contributed by atoms with E-state index >= 15 is 0 Å². The minimum absolute atomic E-state index is 0.299. The Morgan fingerprint density at radius 2 is 0.935 bits per heavy atom. The predicted molar refractivity (Wildman–Crippen MR) is 115 cm³/mol. The molecule has 0 aliphatic heterocycles. The smallest absolute Gasteiger partial charge is 0.186 e. The fourth-order valence-corrected chi connectivity index (χ4v) is 4.22. The van der Waals surface area contributed by atoms with Gasteiger partial charge in [-0.1, -0.05) is 36.4 Å². The number of Topliss-reactive ketones (excluding diaryl/α,β-unsaturated/α-hetero) is 2. The highest BCUT2D eigenvalue weighted by molar-refractivity contribution is 6.35. The molecule has 0 saturated heterocycles. The van der Waals surface area contributed by atoms with Crippen molar-refractivity contribution < 1.29 is 28.5 Å². The molecule has 0 radical (unpaired) electrons. The number of ether oxygens (including phenoxy) is 4. The van der Waals surface area contributed by atoms with E-state index in [2.05, 4.69) is 0 Å². The van der Waals surface area contributed by atoms with Gasteiger partial charge in [-0.2, -0.15) is 0 Å². The van der Waals surface area contributed by atoms with Crippen molar-refractivity contribution in [3.05, 3.63) is 82.9 Å². The lowest BCUT2D eigenvalue weighted by atomic mass is 9.70. The van der Waals surface area contributed by atoms with E-state index in [9.17, 15) is 9.59 Å². The average Bonchev–Trinajstić information content (AvgIpc) is 3.05. The Morgan fingerprint density at radius 1 is 0.548 bits per heavy atom. The molecule has 0 bridgehead atoms. The van der Waals surface area contributed by atoms with Crippen LogP contribution < -0.4 is 18.9 Å². The van der Waals surface area contributed by atoms with Crippen LogP contribution >= 0.6 is 0 Å². The number of carbonyl (C=O) groups excluding carboxylic acids is 2. The zero-order valence-corrected chi connectivity index (χ0v) is 17.7. The number of benzene rings is 3. The van der Waals surface area contributed by atoms with Gasteiger partial charge in [-0.15, -0.1) is 0 Å². The third-order valence-corrected chi connectivity index (χ3v) is 5.73. The molecular weight excluding hydrogens is 396 g/mol. The molecule has 3 aromatic carbocycles. The van der Waals surface area contributed by atoms with Crippen molar-refractivity contribution in [3.8, 4) is 23.0 Å². The molecule has 0 aromatic heterocycles. The number of hydrogen-bond donors (Lipinski definition) is 0. The average molecular weight is 418 g/mol. The van der Waals surface area contributed by atoms with Gasteiger partial charge < -0.3 is 18.9 Å². The fourth-order valence-electron chi connectivity index (χ4n) is 4.22. The summed E-state index contributed by atoms with van der Waals surface area (Å²) in [4.78, 5) is 27.7. The Labute approximate surface area is 180 Å². The van der Waals surface area contributed by atoms with Crippen molar-refractivity contribution in [2.24, 2.45) is 0 Å². The third-order valence-electron chi connectivity index (χ3n) is 5.73. The fraction of sp³-hybridized carbons (Fsp3) is 0.200. The quantitative estimate of drug-likeness (QED) is 0.562. The highest BCUT2D eigenvalue weighted by Crippen LogP contribution is 2.48. The molecule has 0 amide bonds. The summed E-state index contributed by atoms with van der Waals surface area (Å²) in [5, 5.41) is 0. The molecule has 0 N–H and O–H groups in total. The van der Waals surface area contributed by atoms with Crippen molar-refractivity contribution in [3.63, 3.8) is 0 Å². The zero-order valence-electron chi connectivity index (χ0n) is 17.7. The largest absolute Gasteiger partial charge is 0.493 e. The molecule has 0 saturated carbocycles. The van der Waals surface area contributed by atoms with Crippen LogP contribution in [0.5, 0.6) is 23.0 Å². The minimum Gasteiger partial charge on any atom is -0.493 e. The molecule has 0 fully saturated rings. The molecule has 4 rings (SSSR count). The highest BCUT2D eigenvalue weighted by Gasteiger charge is 2.55. The Morgan fingerprint density at radius 3 is 1.29 bits per heavy atom. The predicted octanol–water partition coefficient (Wildman–Crippen LogP) is 4.09. The van der Waals surface area contributed by atoms with Crippen LogP contribution in [0, 0.1) is 0 Å². The molecule has 158 valence electrons. The van der Waals surface area contributed by atoms with E-state index in [0.717, 1.165) is 0 Å². The van der Waals surface area contributed by atoms with E-state index in [4.69, 9.17) is 18.9 Å². The molecule has 1 aliphatic carbocycles. The van der Waals surface area contributed by atoms with Crippen LogP contribution in [0.3, 0.4) is 0 Å². The van der Waals surface area contributed by atoms with Gasteiger partial charge in [0.25, 0.3) is 0 Å². The van der Waals surface area contributed by atoms with Crippen LogP contribution in [0.15, 0.2) is 60.7 Å². The lowest BCUT2D eigenvalue weighted by molar-refractivity contribution is 0.0829. The maximum absolute atomic E-state index is 13.9. The number of ketones is 2. The minimum atomic E-state index is -1.58. The van der Waals surface area contributed by atoms with Crippen molar-refractivity contribution in [1.82, 2.24) is 0 Å². The molecule has 1 aliphatic rings. The van der Waals surface area contributed by atoms with E-state index in [1.165, 1.54) is 28.4 Å². The molecule has 0 unspecified atom stereocenters. The number of carbonyl (C=O) groups is 2. The van der Waals surface area contributed by atoms with E-state index in [1.807, 2.05) is 0 Å². The van der Waals surface area contributed by atoms with Crippen molar-refractivity contribution in [1.29, 1.82) is 0 Å². The summed E-state index contributed by atoms with van der Waals surface area (Å²) in [7, 11) is 6.09. The Bertz CT molecular complexity index is 1090. The third kappa shape index (κ3) is 2.86. The van der Waals surface area contributed by atoms with Gasteiger partial charge in [0.1, 0.15) is 5.41 Å². The molecule has 0 spiro atoms. The van der Waals surface area contributed by atoms with Crippen LogP contribution in [0.1, 0.15) is 31.8 Å². The van der Waals surface area contributed by atoms with Gasteiger partial charge in [0.15, 0.2) is 34.6 Å². The molecular formula is C25H22O6. The normalized spacial score (nSPS) is 14.2. The number of methoxy groups -OCH3 is 4. The number of fused-ring (bicyclic) bond motifs is 1. The second kappa shape index (κ2) is 7.80. The van der Waals surface area contributed by atoms with Crippen LogP contribution in [-0.2, 0) is 5.41 Å². The Balaban J connectivity index is 2.05. The molecule has 0 heterocycles. The summed E-state index contributed by atoms with van der Waals surface area (Å²) in [5.74, 6) is 1.26. The first kappa shape index (κ1) is 20.5. The molecule has 3 aromatic rings. The second-order valence-corrected chi connectivity index (χ2v) is 7.09. The van der Waals surface area contributed by atoms with Gasteiger partial charge in [0.2, 0.25) is 0 Å². The van der Waals surface area contributed by atoms with Gasteiger partial charge in [-0.05, 0) is 35.4 Å². The van der Waals surface area contributed by atoms with Crippen molar-refractivity contribution >= 4 is 11.6 Å². The maximum atomic E-state index is 13.9. The van der Waals surface area contributed by atoms with Crippen molar-refractivity contribution in [2.45, 2.75) is 5.41 Å². The van der Waals surface area contributed by atoms with Gasteiger partial charge >= 0.3 is 0 Å². The number of hydrogen-bond acceptors (Lipinski definition) is 6. The van der Waals surface area contributed by atoms with Crippen LogP contribution in [0.25, 0.3) is 0 Å². The highest BCUT2D eigenvalue weighted by atomic mass is 16.5. The van der Waals surface area contributed by atoms with Gasteiger partial charge in [0.05, 0.1) is 28.4 Å². The monoisotopic (exact) mass is 418 g/mol. The maximum Gasteiger partial charge on any atom is 0.186 e. The van der Waals surface area contributed by atoms with Crippen LogP contribution in [0.4, 0.5) is 0 Å². The first-order valence-electron chi connectivity index (χ1n) is 9.66. The van der Waals surface area contributed by atoms with E-state index in [-0.39, 0.29) is 11.6 Å². The standard InChI is InChI=1S/C25H22O6/c1-28-19-11-9-15(13-21(19)30-3)25(16-10-12-20(29-2)22(14-16)31-4)23(26)17-7-5-6-8-18(17)24(25)27/h5-14H,1-4H3. The van der Waals surface area contributed by atoms with Crippen LogP contribution in [0.2, 0.25) is 0 Å². The summed E-state index contributed by atoms with van der Waals surface area (Å²) < 4.78 is 21.6. The summed E-state index contributed by atoms with van der Waals surface area (Å²) in [6, 6.07) is 17.1. The lowest BCUT2D eigenvalue weighted by Gasteiger charge is -2.28. The van der Waals surface area contributed by atoms with Gasteiger partial charge in [-0.3, -0.25) is 9.59 Å². The van der Waals surface area contributed by atoms with E-state index in [0.29, 0.717) is 45.3 Å². The van der Waals surface area contributed by atoms with Gasteiger partial charge in [0, 0.05) is 11.1 Å². The van der Waals surface area contributed by atoms with Crippen LogP contribution in [-0.4, -0.2) is 40.0 Å². The first-order valence-corrected chi connectivity index (χ1v) is 9.66. The summed E-state index contributed by atoms with van der Waals surface area (Å²) in [5.41, 5.74) is 0.171.